The largest absolute Gasteiger partial charge is 0.384 e. The highest BCUT2D eigenvalue weighted by Crippen LogP contribution is 2.60. The number of nitrogens with two attached hydrogens (primary N) is 1. The number of benzene rings is 3. The van der Waals surface area contributed by atoms with Crippen LogP contribution >= 0.6 is 11.8 Å². The van der Waals surface area contributed by atoms with Crippen LogP contribution in [0, 0.1) is 28.5 Å². The summed E-state index contributed by atoms with van der Waals surface area (Å²) in [6.07, 6.45) is 0. The molecule has 1 amide bonds. The summed E-state index contributed by atoms with van der Waals surface area (Å²) >= 11 is 1.34. The number of para-hydroxylation sites is 2. The molecule has 35 heavy (non-hydrogen) atoms. The second-order valence-corrected chi connectivity index (χ2v) is 9.35. The Morgan fingerprint density at radius 3 is 2.31 bits per heavy atom. The van der Waals surface area contributed by atoms with Crippen molar-refractivity contribution in [3.8, 4) is 12.1 Å². The first-order valence-corrected chi connectivity index (χ1v) is 11.6. The Kier molecular flexibility index (Phi) is 4.50. The maximum Gasteiger partial charge on any atom is 0.248 e. The fourth-order valence-corrected chi connectivity index (χ4v) is 6.35. The molecule has 8 heteroatoms. The van der Waals surface area contributed by atoms with Crippen molar-refractivity contribution >= 4 is 29.0 Å². The summed E-state index contributed by atoms with van der Waals surface area (Å²) in [5, 5.41) is 21.3. The Hall–Kier alpha value is -4.53. The van der Waals surface area contributed by atoms with E-state index in [1.807, 2.05) is 24.3 Å². The number of nitrogens with zero attached hydrogens (tertiary/aromatic N) is 4. The summed E-state index contributed by atoms with van der Waals surface area (Å²) < 4.78 is 14.6. The quantitative estimate of drug-likeness (QED) is 0.576. The van der Waals surface area contributed by atoms with Gasteiger partial charge < -0.3 is 10.6 Å². The summed E-state index contributed by atoms with van der Waals surface area (Å²) in [7, 11) is 0. The van der Waals surface area contributed by atoms with Gasteiger partial charge in [-0.05, 0) is 24.3 Å². The van der Waals surface area contributed by atoms with Gasteiger partial charge in [0.15, 0.2) is 5.41 Å². The third-order valence-corrected chi connectivity index (χ3v) is 7.80. The van der Waals surface area contributed by atoms with Gasteiger partial charge in [0.05, 0.1) is 29.4 Å². The van der Waals surface area contributed by atoms with Gasteiger partial charge in [-0.15, -0.1) is 0 Å². The zero-order valence-electron chi connectivity index (χ0n) is 18.2. The van der Waals surface area contributed by atoms with Crippen LogP contribution in [0.3, 0.4) is 0 Å². The van der Waals surface area contributed by atoms with Gasteiger partial charge in [-0.3, -0.25) is 9.69 Å². The van der Waals surface area contributed by atoms with Crippen molar-refractivity contribution in [1.82, 2.24) is 0 Å². The van der Waals surface area contributed by atoms with E-state index in [-0.39, 0.29) is 23.5 Å². The van der Waals surface area contributed by atoms with Crippen molar-refractivity contribution in [2.75, 3.05) is 9.80 Å². The third kappa shape index (κ3) is 2.60. The molecule has 1 spiro atoms. The van der Waals surface area contributed by atoms with Crippen molar-refractivity contribution in [3.63, 3.8) is 0 Å². The molecule has 3 heterocycles. The van der Waals surface area contributed by atoms with E-state index in [4.69, 9.17) is 5.73 Å². The average molecular weight is 478 g/mol. The smallest absolute Gasteiger partial charge is 0.248 e. The number of fused-ring (bicyclic) bond motifs is 5. The van der Waals surface area contributed by atoms with E-state index in [1.165, 1.54) is 22.7 Å². The molecule has 6 rings (SSSR count). The van der Waals surface area contributed by atoms with E-state index < -0.39 is 17.1 Å². The van der Waals surface area contributed by atoms with Gasteiger partial charge in [-0.1, -0.05) is 60.3 Å². The first-order valence-electron chi connectivity index (χ1n) is 10.8. The van der Waals surface area contributed by atoms with E-state index in [1.54, 1.807) is 47.4 Å². The molecule has 1 unspecified atom stereocenters. The highest BCUT2D eigenvalue weighted by atomic mass is 32.2. The summed E-state index contributed by atoms with van der Waals surface area (Å²) in [6, 6.07) is 25.1. The lowest BCUT2D eigenvalue weighted by Gasteiger charge is -2.37. The lowest BCUT2D eigenvalue weighted by atomic mass is 9.68. The summed E-state index contributed by atoms with van der Waals surface area (Å²) in [5.74, 6) is -0.832. The molecule has 2 N–H and O–H groups in total. The number of rotatable bonds is 2. The molecular weight excluding hydrogens is 461 g/mol. The molecule has 6 nitrogen and oxygen atoms in total. The standard InChI is InChI=1S/C27H16FN5OS/c28-20-9-3-1-7-16(20)15-32-21-10-4-2-8-17(21)27(26(32)34)18(13-29)24(31)33-22-11-5-6-12-23(22)35-25(33)19(27)14-30/h1-12H,15,31H2. The molecule has 0 radical (unpaired) electrons. The van der Waals surface area contributed by atoms with Gasteiger partial charge >= 0.3 is 0 Å². The van der Waals surface area contributed by atoms with Gasteiger partial charge in [0.25, 0.3) is 0 Å². The Labute approximate surface area is 205 Å². The van der Waals surface area contributed by atoms with Crippen LogP contribution in [0.15, 0.2) is 99.7 Å². The van der Waals surface area contributed by atoms with E-state index in [0.29, 0.717) is 21.8 Å². The number of hydrogen-bond acceptors (Lipinski definition) is 6. The molecular formula is C27H16FN5OS. The summed E-state index contributed by atoms with van der Waals surface area (Å²) in [6.45, 7) is -0.0476. The molecule has 3 aliphatic heterocycles. The predicted molar refractivity (Wildman–Crippen MR) is 130 cm³/mol. The SMILES string of the molecule is N#CC1=C(N)N2C(=C(C#N)C13C(=O)N(Cc1ccccc1F)c1ccccc13)Sc1ccccc12. The lowest BCUT2D eigenvalue weighted by Crippen LogP contribution is -2.48. The molecule has 0 bridgehead atoms. The monoisotopic (exact) mass is 477 g/mol. The first kappa shape index (κ1) is 21.0. The molecule has 0 fully saturated rings. The van der Waals surface area contributed by atoms with Crippen molar-refractivity contribution in [2.24, 2.45) is 5.73 Å². The number of carbonyl (C=O) groups excluding carboxylic acids is 1. The van der Waals surface area contributed by atoms with Gasteiger partial charge in [0, 0.05) is 21.7 Å². The van der Waals surface area contributed by atoms with Crippen LogP contribution in [-0.2, 0) is 16.8 Å². The van der Waals surface area contributed by atoms with Crippen LogP contribution in [0.5, 0.6) is 0 Å². The summed E-state index contributed by atoms with van der Waals surface area (Å²) in [4.78, 5) is 18.3. The number of nitriles is 2. The zero-order valence-corrected chi connectivity index (χ0v) is 19.0. The Morgan fingerprint density at radius 2 is 1.57 bits per heavy atom. The van der Waals surface area contributed by atoms with Crippen LogP contribution in [0.4, 0.5) is 15.8 Å². The Morgan fingerprint density at radius 1 is 0.914 bits per heavy atom. The summed E-state index contributed by atoms with van der Waals surface area (Å²) in [5.41, 5.74) is 7.10. The molecule has 3 aromatic rings. The van der Waals surface area contributed by atoms with Crippen molar-refractivity contribution in [3.05, 3.63) is 112 Å². The predicted octanol–water partition coefficient (Wildman–Crippen LogP) is 4.67. The van der Waals surface area contributed by atoms with E-state index in [0.717, 1.165) is 10.6 Å². The zero-order chi connectivity index (χ0) is 24.3. The molecule has 0 aromatic heterocycles. The number of anilines is 2. The molecule has 1 atom stereocenters. The highest BCUT2D eigenvalue weighted by Gasteiger charge is 2.61. The Bertz CT molecular complexity index is 1600. The van der Waals surface area contributed by atoms with Gasteiger partial charge in [-0.25, -0.2) is 4.39 Å². The van der Waals surface area contributed by atoms with Crippen LogP contribution in [0.25, 0.3) is 0 Å². The van der Waals surface area contributed by atoms with Crippen molar-refractivity contribution in [2.45, 2.75) is 16.9 Å². The lowest BCUT2D eigenvalue weighted by molar-refractivity contribution is -0.120. The van der Waals surface area contributed by atoms with Gasteiger partial charge in [-0.2, -0.15) is 10.5 Å². The fourth-order valence-electron chi connectivity index (χ4n) is 5.14. The molecule has 3 aromatic carbocycles. The van der Waals surface area contributed by atoms with Gasteiger partial charge in [0.1, 0.15) is 22.7 Å². The fraction of sp³-hybridized carbons (Fsp3) is 0.0741. The van der Waals surface area contributed by atoms with E-state index >= 15 is 0 Å². The molecule has 0 saturated carbocycles. The molecule has 0 saturated heterocycles. The number of carbonyl (C=O) groups is 1. The third-order valence-electron chi connectivity index (χ3n) is 6.65. The number of hydrogen-bond donors (Lipinski definition) is 1. The normalized spacial score (nSPS) is 20.0. The maximum absolute atomic E-state index is 14.6. The second kappa shape index (κ2) is 7.49. The second-order valence-electron chi connectivity index (χ2n) is 8.32. The minimum absolute atomic E-state index is 0.0106. The first-order chi connectivity index (χ1) is 17.0. The van der Waals surface area contributed by atoms with Crippen molar-refractivity contribution < 1.29 is 9.18 Å². The number of halogens is 1. The highest BCUT2D eigenvalue weighted by molar-refractivity contribution is 8.03. The van der Waals surface area contributed by atoms with Crippen molar-refractivity contribution in [1.29, 1.82) is 10.5 Å². The molecule has 3 aliphatic rings. The van der Waals surface area contributed by atoms with E-state index in [9.17, 15) is 19.7 Å². The Balaban J connectivity index is 1.63. The van der Waals surface area contributed by atoms with Crippen LogP contribution in [0.1, 0.15) is 11.1 Å². The van der Waals surface area contributed by atoms with Crippen LogP contribution in [-0.4, -0.2) is 5.91 Å². The van der Waals surface area contributed by atoms with Gasteiger partial charge in [0.2, 0.25) is 5.91 Å². The number of thioether (sulfide) groups is 1. The minimum atomic E-state index is -1.71. The maximum atomic E-state index is 14.6. The number of amides is 1. The topological polar surface area (TPSA) is 97.1 Å². The molecule has 0 aliphatic carbocycles. The minimum Gasteiger partial charge on any atom is -0.384 e. The molecule has 168 valence electrons. The van der Waals surface area contributed by atoms with Crippen LogP contribution < -0.4 is 15.5 Å². The van der Waals surface area contributed by atoms with E-state index in [2.05, 4.69) is 12.1 Å². The van der Waals surface area contributed by atoms with Crippen LogP contribution in [0.2, 0.25) is 0 Å². The average Bonchev–Trinajstić information content (AvgIpc) is 3.37.